The molecule has 18 heavy (non-hydrogen) atoms. The minimum absolute atomic E-state index is 0.296. The number of hydrogen-bond acceptors (Lipinski definition) is 1. The monoisotopic (exact) mass is 260 g/mol. The Morgan fingerprint density at radius 2 is 1.83 bits per heavy atom. The zero-order chi connectivity index (χ0) is 13.0. The minimum Gasteiger partial charge on any atom is -0.494 e. The Balaban J connectivity index is 2.16. The van der Waals surface area contributed by atoms with Crippen LogP contribution < -0.4 is 9.92 Å². The molecule has 94 valence electrons. The highest BCUT2D eigenvalue weighted by molar-refractivity contribution is 6.54. The fourth-order valence-corrected chi connectivity index (χ4v) is 3.81. The lowest BCUT2D eigenvalue weighted by atomic mass is 10.1. The molecular formula is C15H17FOSi. The highest BCUT2D eigenvalue weighted by Gasteiger charge is 2.10. The van der Waals surface area contributed by atoms with Gasteiger partial charge in [0.1, 0.15) is 0 Å². The lowest BCUT2D eigenvalue weighted by molar-refractivity contribution is 0.386. The maximum absolute atomic E-state index is 13.3. The lowest BCUT2D eigenvalue weighted by Crippen LogP contribution is -2.19. The predicted molar refractivity (Wildman–Crippen MR) is 76.0 cm³/mol. The smallest absolute Gasteiger partial charge is 0.165 e. The lowest BCUT2D eigenvalue weighted by Gasteiger charge is -2.13. The van der Waals surface area contributed by atoms with Gasteiger partial charge in [0.2, 0.25) is 0 Å². The van der Waals surface area contributed by atoms with Crippen molar-refractivity contribution in [3.8, 4) is 5.75 Å². The van der Waals surface area contributed by atoms with E-state index in [-0.39, 0.29) is 5.82 Å². The molecule has 0 aliphatic carbocycles. The first kappa shape index (κ1) is 12.8. The van der Waals surface area contributed by atoms with Crippen molar-refractivity contribution in [3.05, 3.63) is 59.9 Å². The van der Waals surface area contributed by atoms with Gasteiger partial charge in [0.05, 0.1) is 16.6 Å². The van der Waals surface area contributed by atoms with Crippen molar-refractivity contribution in [1.82, 2.24) is 0 Å². The highest BCUT2D eigenvalue weighted by Crippen LogP contribution is 2.23. The first-order valence-electron chi connectivity index (χ1n) is 6.08. The minimum atomic E-state index is -0.399. The van der Waals surface area contributed by atoms with E-state index in [1.165, 1.54) is 18.4 Å². The van der Waals surface area contributed by atoms with Crippen LogP contribution >= 0.6 is 0 Å². The molecule has 2 aromatic rings. The van der Waals surface area contributed by atoms with E-state index in [9.17, 15) is 4.39 Å². The van der Waals surface area contributed by atoms with Crippen LogP contribution in [0.3, 0.4) is 0 Å². The predicted octanol–water partition coefficient (Wildman–Crippen LogP) is 2.39. The van der Waals surface area contributed by atoms with E-state index in [4.69, 9.17) is 4.74 Å². The summed E-state index contributed by atoms with van der Waals surface area (Å²) in [5.74, 6) is 0.0382. The Bertz CT molecular complexity index is 513. The third kappa shape index (κ3) is 2.99. The molecule has 0 radical (unpaired) electrons. The van der Waals surface area contributed by atoms with E-state index < -0.39 is 9.52 Å². The summed E-state index contributed by atoms with van der Waals surface area (Å²) < 4.78 is 18.4. The van der Waals surface area contributed by atoms with Crippen LogP contribution in [-0.4, -0.2) is 16.6 Å². The van der Waals surface area contributed by atoms with E-state index in [1.54, 1.807) is 0 Å². The average molecular weight is 260 g/mol. The van der Waals surface area contributed by atoms with Crippen molar-refractivity contribution in [2.45, 2.75) is 12.5 Å². The number of ether oxygens (including phenoxy) is 1. The third-order valence-electron chi connectivity index (χ3n) is 3.13. The number of benzene rings is 2. The largest absolute Gasteiger partial charge is 0.494 e. The summed E-state index contributed by atoms with van der Waals surface area (Å²) >= 11 is 0. The summed E-state index contributed by atoms with van der Waals surface area (Å²) in [4.78, 5) is 0. The molecule has 0 unspecified atom stereocenters. The van der Waals surface area contributed by atoms with Gasteiger partial charge in [-0.2, -0.15) is 0 Å². The van der Waals surface area contributed by atoms with Crippen molar-refractivity contribution >= 4 is 14.7 Å². The summed E-state index contributed by atoms with van der Waals surface area (Å²) in [6.07, 6.45) is 0. The van der Waals surface area contributed by atoms with Crippen molar-refractivity contribution in [2.75, 3.05) is 7.11 Å². The molecular weight excluding hydrogens is 243 g/mol. The van der Waals surface area contributed by atoms with Crippen LogP contribution in [0.4, 0.5) is 4.39 Å². The maximum Gasteiger partial charge on any atom is 0.165 e. The second-order valence-electron chi connectivity index (χ2n) is 4.48. The second-order valence-corrected chi connectivity index (χ2v) is 6.93. The second kappa shape index (κ2) is 5.82. The van der Waals surface area contributed by atoms with E-state index in [2.05, 4.69) is 31.2 Å². The molecule has 2 aromatic carbocycles. The van der Waals surface area contributed by atoms with Crippen LogP contribution in [0, 0.1) is 5.82 Å². The van der Waals surface area contributed by atoms with Crippen LogP contribution in [0.1, 0.15) is 18.0 Å². The van der Waals surface area contributed by atoms with Crippen molar-refractivity contribution < 1.29 is 9.13 Å². The molecule has 0 aromatic heterocycles. The SMILES string of the molecule is COc1cc([C@H](C)[SiH2]c2ccccc2)ccc1F. The van der Waals surface area contributed by atoms with E-state index in [0.717, 1.165) is 5.56 Å². The van der Waals surface area contributed by atoms with Crippen LogP contribution in [0.25, 0.3) is 0 Å². The number of methoxy groups -OCH3 is 1. The maximum atomic E-state index is 13.3. The van der Waals surface area contributed by atoms with Crippen LogP contribution in [-0.2, 0) is 0 Å². The Labute approximate surface area is 109 Å². The zero-order valence-corrected chi connectivity index (χ0v) is 12.1. The van der Waals surface area contributed by atoms with Crippen LogP contribution in [0.15, 0.2) is 48.5 Å². The van der Waals surface area contributed by atoms with Gasteiger partial charge in [0, 0.05) is 0 Å². The van der Waals surface area contributed by atoms with Gasteiger partial charge in [0.15, 0.2) is 11.6 Å². The number of hydrogen-bond donors (Lipinski definition) is 0. The standard InChI is InChI=1S/C15H17FOSi/c1-11(18-13-6-4-3-5-7-13)12-8-9-14(16)15(10-12)17-2/h3-11H,18H2,1-2H3/t11-/m0/s1. The quantitative estimate of drug-likeness (QED) is 0.767. The molecule has 1 atom stereocenters. The Hall–Kier alpha value is -1.61. The molecule has 0 spiro atoms. The van der Waals surface area contributed by atoms with Gasteiger partial charge >= 0.3 is 0 Å². The zero-order valence-electron chi connectivity index (χ0n) is 10.7. The van der Waals surface area contributed by atoms with Crippen LogP contribution in [0.5, 0.6) is 5.75 Å². The van der Waals surface area contributed by atoms with E-state index >= 15 is 0 Å². The third-order valence-corrected chi connectivity index (χ3v) is 5.16. The van der Waals surface area contributed by atoms with Gasteiger partial charge in [-0.15, -0.1) is 0 Å². The average Bonchev–Trinajstić information content (AvgIpc) is 2.40. The molecule has 3 heteroatoms. The topological polar surface area (TPSA) is 9.23 Å². The summed E-state index contributed by atoms with van der Waals surface area (Å²) in [6, 6.07) is 15.7. The molecule has 0 saturated carbocycles. The van der Waals surface area contributed by atoms with Gasteiger partial charge in [-0.05, 0) is 23.2 Å². The summed E-state index contributed by atoms with van der Waals surface area (Å²) in [5.41, 5.74) is 1.63. The van der Waals surface area contributed by atoms with Crippen molar-refractivity contribution in [3.63, 3.8) is 0 Å². The molecule has 0 bridgehead atoms. The van der Waals surface area contributed by atoms with Crippen molar-refractivity contribution in [1.29, 1.82) is 0 Å². The Morgan fingerprint density at radius 3 is 2.50 bits per heavy atom. The molecule has 0 amide bonds. The summed E-state index contributed by atoms with van der Waals surface area (Å²) in [5, 5.41) is 1.42. The first-order valence-corrected chi connectivity index (χ1v) is 7.60. The fourth-order valence-electron chi connectivity index (χ4n) is 2.07. The number of halogens is 1. The normalized spacial score (nSPS) is 12.8. The molecule has 0 aliphatic heterocycles. The van der Waals surface area contributed by atoms with E-state index in [1.807, 2.05) is 18.2 Å². The van der Waals surface area contributed by atoms with Crippen LogP contribution in [0.2, 0.25) is 0 Å². The van der Waals surface area contributed by atoms with Gasteiger partial charge in [-0.25, -0.2) is 4.39 Å². The van der Waals surface area contributed by atoms with E-state index in [0.29, 0.717) is 11.3 Å². The first-order chi connectivity index (χ1) is 8.70. The molecule has 0 N–H and O–H groups in total. The summed E-state index contributed by atoms with van der Waals surface area (Å²) in [7, 11) is 1.10. The molecule has 2 rings (SSSR count). The molecule has 0 aliphatic rings. The Kier molecular flexibility index (Phi) is 4.15. The van der Waals surface area contributed by atoms with Gasteiger partial charge in [-0.3, -0.25) is 0 Å². The highest BCUT2D eigenvalue weighted by atomic mass is 28.2. The Morgan fingerprint density at radius 1 is 1.11 bits per heavy atom. The van der Waals surface area contributed by atoms with Gasteiger partial charge < -0.3 is 4.74 Å². The number of rotatable bonds is 4. The van der Waals surface area contributed by atoms with Crippen molar-refractivity contribution in [2.24, 2.45) is 0 Å². The van der Waals surface area contributed by atoms with Gasteiger partial charge in [-0.1, -0.05) is 48.5 Å². The molecule has 0 heterocycles. The molecule has 0 fully saturated rings. The fraction of sp³-hybridized carbons (Fsp3) is 0.200. The molecule has 0 saturated heterocycles. The molecule has 1 nitrogen and oxygen atoms in total. The summed E-state index contributed by atoms with van der Waals surface area (Å²) in [6.45, 7) is 2.20. The van der Waals surface area contributed by atoms with Gasteiger partial charge in [0.25, 0.3) is 0 Å².